The smallest absolute Gasteiger partial charge is 0.153 e. The lowest BCUT2D eigenvalue weighted by Crippen LogP contribution is -2.30. The van der Waals surface area contributed by atoms with E-state index in [4.69, 9.17) is 5.84 Å². The predicted molar refractivity (Wildman–Crippen MR) is 82.1 cm³/mol. The summed E-state index contributed by atoms with van der Waals surface area (Å²) < 4.78 is 2.49. The molecule has 3 heterocycles. The van der Waals surface area contributed by atoms with Gasteiger partial charge >= 0.3 is 0 Å². The maximum absolute atomic E-state index is 5.75. The van der Waals surface area contributed by atoms with Gasteiger partial charge in [-0.2, -0.15) is 11.8 Å². The van der Waals surface area contributed by atoms with Crippen molar-refractivity contribution >= 4 is 39.0 Å². The molecule has 3 rings (SSSR count). The van der Waals surface area contributed by atoms with E-state index in [0.717, 1.165) is 22.5 Å². The van der Waals surface area contributed by atoms with Gasteiger partial charge < -0.3 is 0 Å². The van der Waals surface area contributed by atoms with Crippen molar-refractivity contribution in [2.24, 2.45) is 12.9 Å². The molecule has 0 fully saturated rings. The SMILES string of the molecule is Cn1nnc(Br)c1C(NN)c1cc2c(s1)CCSC2. The van der Waals surface area contributed by atoms with Crippen molar-refractivity contribution in [3.63, 3.8) is 0 Å². The summed E-state index contributed by atoms with van der Waals surface area (Å²) in [4.78, 5) is 2.71. The molecule has 2 aromatic rings. The maximum Gasteiger partial charge on any atom is 0.153 e. The van der Waals surface area contributed by atoms with E-state index < -0.39 is 0 Å². The molecule has 19 heavy (non-hydrogen) atoms. The lowest BCUT2D eigenvalue weighted by molar-refractivity contribution is 0.575. The molecule has 0 radical (unpaired) electrons. The zero-order valence-electron chi connectivity index (χ0n) is 10.4. The molecule has 1 aliphatic heterocycles. The number of thioether (sulfide) groups is 1. The molecule has 2 aromatic heterocycles. The predicted octanol–water partition coefficient (Wildman–Crippen LogP) is 1.98. The third-order valence-corrected chi connectivity index (χ3v) is 6.07. The van der Waals surface area contributed by atoms with Crippen LogP contribution in [0.15, 0.2) is 10.7 Å². The quantitative estimate of drug-likeness (QED) is 0.647. The van der Waals surface area contributed by atoms with Crippen LogP contribution in [0.2, 0.25) is 0 Å². The molecule has 0 aromatic carbocycles. The van der Waals surface area contributed by atoms with Crippen molar-refractivity contribution in [2.75, 3.05) is 5.75 Å². The number of fused-ring (bicyclic) bond motifs is 1. The van der Waals surface area contributed by atoms with E-state index >= 15 is 0 Å². The summed E-state index contributed by atoms with van der Waals surface area (Å²) in [5.41, 5.74) is 5.28. The highest BCUT2D eigenvalue weighted by Crippen LogP contribution is 2.37. The molecule has 0 saturated carbocycles. The van der Waals surface area contributed by atoms with Gasteiger partial charge in [0.15, 0.2) is 4.60 Å². The summed E-state index contributed by atoms with van der Waals surface area (Å²) in [6.45, 7) is 0. The molecule has 1 atom stereocenters. The molecular formula is C11H14BrN5S2. The van der Waals surface area contributed by atoms with Crippen molar-refractivity contribution in [1.82, 2.24) is 20.4 Å². The van der Waals surface area contributed by atoms with E-state index in [9.17, 15) is 0 Å². The average Bonchev–Trinajstić information content (AvgIpc) is 2.97. The Kier molecular flexibility index (Phi) is 3.95. The van der Waals surface area contributed by atoms with E-state index in [2.05, 4.69) is 37.7 Å². The topological polar surface area (TPSA) is 68.8 Å². The van der Waals surface area contributed by atoms with E-state index in [-0.39, 0.29) is 6.04 Å². The zero-order valence-corrected chi connectivity index (χ0v) is 13.6. The van der Waals surface area contributed by atoms with Gasteiger partial charge in [0, 0.05) is 22.6 Å². The normalized spacial score (nSPS) is 16.4. The summed E-state index contributed by atoms with van der Waals surface area (Å²) in [6.07, 6.45) is 1.16. The highest BCUT2D eigenvalue weighted by atomic mass is 79.9. The summed E-state index contributed by atoms with van der Waals surface area (Å²) in [6, 6.07) is 2.19. The first-order valence-corrected chi connectivity index (χ1v) is 8.67. The number of nitrogens with two attached hydrogens (primary N) is 1. The molecule has 0 saturated heterocycles. The first kappa shape index (κ1) is 13.6. The van der Waals surface area contributed by atoms with E-state index in [1.807, 2.05) is 30.1 Å². The number of halogens is 1. The van der Waals surface area contributed by atoms with Gasteiger partial charge in [-0.05, 0) is 39.7 Å². The molecule has 1 aliphatic rings. The van der Waals surface area contributed by atoms with E-state index in [1.165, 1.54) is 21.1 Å². The number of thiophene rings is 1. The Balaban J connectivity index is 2.01. The molecule has 0 aliphatic carbocycles. The highest BCUT2D eigenvalue weighted by molar-refractivity contribution is 9.10. The number of hydrogen-bond acceptors (Lipinski definition) is 6. The summed E-state index contributed by atoms with van der Waals surface area (Å²) in [5, 5.41) is 8.04. The minimum absolute atomic E-state index is 0.0741. The Morgan fingerprint density at radius 3 is 3.05 bits per heavy atom. The standard InChI is InChI=1S/C11H14BrN5S2/c1-17-10(11(12)15-16-17)9(14-13)8-4-6-5-18-3-2-7(6)19-8/h4,9,14H,2-3,5,13H2,1H3. The van der Waals surface area contributed by atoms with Gasteiger partial charge in [-0.15, -0.1) is 16.4 Å². The summed E-state index contributed by atoms with van der Waals surface area (Å²) in [5.74, 6) is 8.07. The molecule has 3 N–H and O–H groups in total. The van der Waals surface area contributed by atoms with Crippen molar-refractivity contribution in [2.45, 2.75) is 18.2 Å². The fourth-order valence-electron chi connectivity index (χ4n) is 2.25. The first-order chi connectivity index (χ1) is 9.20. The molecule has 102 valence electrons. The lowest BCUT2D eigenvalue weighted by Gasteiger charge is -2.14. The summed E-state index contributed by atoms with van der Waals surface area (Å²) >= 11 is 7.27. The van der Waals surface area contributed by atoms with Gasteiger partial charge in [-0.25, -0.2) is 10.1 Å². The third-order valence-electron chi connectivity index (χ3n) is 3.20. The monoisotopic (exact) mass is 359 g/mol. The fraction of sp³-hybridized carbons (Fsp3) is 0.455. The summed E-state index contributed by atoms with van der Waals surface area (Å²) in [7, 11) is 1.88. The van der Waals surface area contributed by atoms with Crippen LogP contribution in [-0.2, 0) is 19.2 Å². The van der Waals surface area contributed by atoms with Crippen LogP contribution < -0.4 is 11.3 Å². The molecule has 8 heteroatoms. The van der Waals surface area contributed by atoms with Gasteiger partial charge in [-0.3, -0.25) is 5.84 Å². The largest absolute Gasteiger partial charge is 0.270 e. The van der Waals surface area contributed by atoms with E-state index in [0.29, 0.717) is 0 Å². The zero-order chi connectivity index (χ0) is 13.4. The average molecular weight is 360 g/mol. The molecule has 0 amide bonds. The van der Waals surface area contributed by atoms with Gasteiger partial charge in [0.05, 0.1) is 11.7 Å². The fourth-order valence-corrected chi connectivity index (χ4v) is 5.25. The van der Waals surface area contributed by atoms with Crippen LogP contribution in [0.3, 0.4) is 0 Å². The Morgan fingerprint density at radius 2 is 2.42 bits per heavy atom. The second-order valence-electron chi connectivity index (χ2n) is 4.39. The van der Waals surface area contributed by atoms with Gasteiger partial charge in [0.2, 0.25) is 0 Å². The second-order valence-corrected chi connectivity index (χ2v) is 7.41. The van der Waals surface area contributed by atoms with Crippen molar-refractivity contribution in [1.29, 1.82) is 0 Å². The molecule has 0 spiro atoms. The first-order valence-electron chi connectivity index (χ1n) is 5.91. The Bertz CT molecular complexity index is 551. The number of aryl methyl sites for hydroxylation is 2. The molecular weight excluding hydrogens is 346 g/mol. The Labute approximate surface area is 128 Å². The maximum atomic E-state index is 5.75. The number of hydrogen-bond donors (Lipinski definition) is 2. The van der Waals surface area contributed by atoms with Crippen LogP contribution in [-0.4, -0.2) is 20.7 Å². The van der Waals surface area contributed by atoms with Gasteiger partial charge in [0.1, 0.15) is 0 Å². The number of nitrogens with zero attached hydrogens (tertiary/aromatic N) is 3. The van der Waals surface area contributed by atoms with Crippen molar-refractivity contribution < 1.29 is 0 Å². The third kappa shape index (κ3) is 2.47. The number of nitrogens with one attached hydrogen (secondary N) is 1. The number of rotatable bonds is 3. The Hall–Kier alpha value is -0.410. The highest BCUT2D eigenvalue weighted by Gasteiger charge is 2.24. The van der Waals surface area contributed by atoms with Crippen LogP contribution >= 0.6 is 39.0 Å². The number of hydrazine groups is 1. The minimum atomic E-state index is -0.0741. The molecule has 0 bridgehead atoms. The van der Waals surface area contributed by atoms with Crippen LogP contribution in [0.1, 0.15) is 27.1 Å². The Morgan fingerprint density at radius 1 is 1.58 bits per heavy atom. The number of aromatic nitrogens is 3. The van der Waals surface area contributed by atoms with Crippen molar-refractivity contribution in [3.8, 4) is 0 Å². The molecule has 1 unspecified atom stereocenters. The minimum Gasteiger partial charge on any atom is -0.270 e. The van der Waals surface area contributed by atoms with Crippen LogP contribution in [0.25, 0.3) is 0 Å². The molecule has 5 nitrogen and oxygen atoms in total. The van der Waals surface area contributed by atoms with E-state index in [1.54, 1.807) is 4.68 Å². The lowest BCUT2D eigenvalue weighted by atomic mass is 10.1. The van der Waals surface area contributed by atoms with Gasteiger partial charge in [-0.1, -0.05) is 5.21 Å². The van der Waals surface area contributed by atoms with Crippen LogP contribution in [0.5, 0.6) is 0 Å². The second kappa shape index (κ2) is 5.53. The van der Waals surface area contributed by atoms with Crippen molar-refractivity contribution in [3.05, 3.63) is 31.7 Å². The van der Waals surface area contributed by atoms with Crippen LogP contribution in [0.4, 0.5) is 0 Å². The van der Waals surface area contributed by atoms with Gasteiger partial charge in [0.25, 0.3) is 0 Å². The van der Waals surface area contributed by atoms with Crippen LogP contribution in [0, 0.1) is 0 Å².